The summed E-state index contributed by atoms with van der Waals surface area (Å²) in [5, 5.41) is 5.85. The van der Waals surface area contributed by atoms with Gasteiger partial charge in [-0.25, -0.2) is 0 Å². The van der Waals surface area contributed by atoms with Crippen LogP contribution in [0.4, 0.5) is 0 Å². The zero-order valence-corrected chi connectivity index (χ0v) is 16.4. The van der Waals surface area contributed by atoms with Crippen LogP contribution in [-0.4, -0.2) is 41.4 Å². The lowest BCUT2D eigenvalue weighted by Crippen LogP contribution is -2.38. The number of thioether (sulfide) groups is 2. The van der Waals surface area contributed by atoms with E-state index in [1.807, 2.05) is 19.1 Å². The molecule has 1 aromatic heterocycles. The van der Waals surface area contributed by atoms with E-state index >= 15 is 0 Å². The van der Waals surface area contributed by atoms with Crippen LogP contribution in [0.2, 0.25) is 0 Å². The van der Waals surface area contributed by atoms with Gasteiger partial charge in [-0.05, 0) is 30.6 Å². The van der Waals surface area contributed by atoms with E-state index < -0.39 is 0 Å². The normalized spacial score (nSPS) is 12.0. The Morgan fingerprint density at radius 3 is 2.25 bits per heavy atom. The molecular formula is C17H28N2O3S2. The summed E-state index contributed by atoms with van der Waals surface area (Å²) >= 11 is 3.48. The van der Waals surface area contributed by atoms with Gasteiger partial charge in [-0.2, -0.15) is 23.5 Å². The number of aryl methyl sites for hydroxylation is 1. The molecule has 0 aliphatic rings. The molecule has 1 rings (SSSR count). The molecule has 0 aliphatic carbocycles. The van der Waals surface area contributed by atoms with Crippen LogP contribution in [0.25, 0.3) is 0 Å². The Hall–Kier alpha value is -1.08. The van der Waals surface area contributed by atoms with Crippen molar-refractivity contribution < 1.29 is 14.0 Å². The Balaban J connectivity index is 2.52. The lowest BCUT2D eigenvalue weighted by Gasteiger charge is -2.17. The third-order valence-corrected chi connectivity index (χ3v) is 5.10. The van der Waals surface area contributed by atoms with Gasteiger partial charge in [-0.3, -0.25) is 9.59 Å². The smallest absolute Gasteiger partial charge is 0.221 e. The van der Waals surface area contributed by atoms with Gasteiger partial charge in [0, 0.05) is 30.9 Å². The fraction of sp³-hybridized carbons (Fsp3) is 0.647. The monoisotopic (exact) mass is 372 g/mol. The van der Waals surface area contributed by atoms with Crippen LogP contribution in [0.1, 0.15) is 44.3 Å². The first-order valence-corrected chi connectivity index (χ1v) is 10.7. The van der Waals surface area contributed by atoms with Gasteiger partial charge in [0.05, 0.1) is 0 Å². The van der Waals surface area contributed by atoms with Crippen molar-refractivity contribution in [2.75, 3.05) is 29.6 Å². The number of rotatable bonds is 12. The summed E-state index contributed by atoms with van der Waals surface area (Å²) in [6.45, 7) is 6.35. The number of carbonyl (C=O) groups is 2. The topological polar surface area (TPSA) is 71.3 Å². The molecule has 7 heteroatoms. The van der Waals surface area contributed by atoms with Crippen molar-refractivity contribution in [1.82, 2.24) is 10.6 Å². The second kappa shape index (κ2) is 12.3. The highest BCUT2D eigenvalue weighted by Crippen LogP contribution is 2.16. The zero-order valence-electron chi connectivity index (χ0n) is 14.7. The molecule has 0 spiro atoms. The molecule has 0 bridgehead atoms. The van der Waals surface area contributed by atoms with Crippen LogP contribution in [0.15, 0.2) is 16.5 Å². The summed E-state index contributed by atoms with van der Waals surface area (Å²) in [6.07, 6.45) is 0.958. The largest absolute Gasteiger partial charge is 0.464 e. The van der Waals surface area contributed by atoms with Crippen LogP contribution in [0.3, 0.4) is 0 Å². The van der Waals surface area contributed by atoms with E-state index in [-0.39, 0.29) is 17.9 Å². The van der Waals surface area contributed by atoms with Crippen LogP contribution in [-0.2, 0) is 9.59 Å². The number of hydrogen-bond acceptors (Lipinski definition) is 5. The highest BCUT2D eigenvalue weighted by atomic mass is 32.2. The van der Waals surface area contributed by atoms with Gasteiger partial charge in [0.2, 0.25) is 11.8 Å². The van der Waals surface area contributed by atoms with Crippen molar-refractivity contribution in [3.05, 3.63) is 23.7 Å². The molecule has 136 valence electrons. The van der Waals surface area contributed by atoms with Crippen molar-refractivity contribution in [2.24, 2.45) is 0 Å². The molecule has 0 aromatic carbocycles. The number of hydrogen-bond donors (Lipinski definition) is 2. The Morgan fingerprint density at radius 2 is 1.71 bits per heavy atom. The fourth-order valence-corrected chi connectivity index (χ4v) is 3.29. The Labute approximate surface area is 153 Å². The van der Waals surface area contributed by atoms with Crippen molar-refractivity contribution in [3.63, 3.8) is 0 Å². The number of nitrogens with one attached hydrogen (secondary N) is 2. The van der Waals surface area contributed by atoms with Gasteiger partial charge in [0.1, 0.15) is 17.6 Å². The minimum Gasteiger partial charge on any atom is -0.464 e. The summed E-state index contributed by atoms with van der Waals surface area (Å²) < 4.78 is 5.63. The van der Waals surface area contributed by atoms with Crippen LogP contribution >= 0.6 is 23.5 Å². The molecule has 0 aliphatic heterocycles. The first kappa shape index (κ1) is 21.0. The molecule has 0 saturated carbocycles. The Kier molecular flexibility index (Phi) is 10.7. The molecule has 2 N–H and O–H groups in total. The minimum absolute atomic E-state index is 0.0000144. The second-order valence-electron chi connectivity index (χ2n) is 5.27. The van der Waals surface area contributed by atoms with E-state index in [4.69, 9.17) is 4.42 Å². The molecular weight excluding hydrogens is 344 g/mol. The Morgan fingerprint density at radius 1 is 1.08 bits per heavy atom. The van der Waals surface area contributed by atoms with Crippen molar-refractivity contribution in [1.29, 1.82) is 0 Å². The highest BCUT2D eigenvalue weighted by Gasteiger charge is 2.18. The van der Waals surface area contributed by atoms with Crippen LogP contribution < -0.4 is 10.6 Å². The third kappa shape index (κ3) is 8.68. The average Bonchev–Trinajstić information content (AvgIpc) is 2.98. The number of carbonyl (C=O) groups excluding carboxylic acids is 2. The highest BCUT2D eigenvalue weighted by molar-refractivity contribution is 7.99. The van der Waals surface area contributed by atoms with Crippen molar-refractivity contribution >= 4 is 35.3 Å². The Bertz CT molecular complexity index is 506. The summed E-state index contributed by atoms with van der Waals surface area (Å²) in [5.74, 6) is 5.06. The van der Waals surface area contributed by atoms with E-state index in [1.165, 1.54) is 0 Å². The molecule has 1 unspecified atom stereocenters. The maximum atomic E-state index is 12.1. The summed E-state index contributed by atoms with van der Waals surface area (Å²) in [5.41, 5.74) is 0. The summed E-state index contributed by atoms with van der Waals surface area (Å²) in [6, 6.07) is 3.38. The van der Waals surface area contributed by atoms with E-state index in [0.717, 1.165) is 28.8 Å². The van der Waals surface area contributed by atoms with E-state index in [2.05, 4.69) is 24.5 Å². The molecule has 1 atom stereocenters. The zero-order chi connectivity index (χ0) is 17.8. The second-order valence-corrected chi connectivity index (χ2v) is 8.05. The molecule has 1 aromatic rings. The minimum atomic E-state index is -0.333. The van der Waals surface area contributed by atoms with Crippen molar-refractivity contribution in [2.45, 2.75) is 39.7 Å². The van der Waals surface area contributed by atoms with Crippen molar-refractivity contribution in [3.8, 4) is 0 Å². The molecule has 1 heterocycles. The van der Waals surface area contributed by atoms with Gasteiger partial charge in [-0.15, -0.1) is 0 Å². The summed E-state index contributed by atoms with van der Waals surface area (Å²) in [7, 11) is 0. The first-order chi connectivity index (χ1) is 11.6. The van der Waals surface area contributed by atoms with Crippen LogP contribution in [0.5, 0.6) is 0 Å². The van der Waals surface area contributed by atoms with Gasteiger partial charge in [0.15, 0.2) is 0 Å². The van der Waals surface area contributed by atoms with E-state index in [0.29, 0.717) is 25.1 Å². The average molecular weight is 373 g/mol. The molecule has 2 amide bonds. The van der Waals surface area contributed by atoms with Gasteiger partial charge < -0.3 is 15.1 Å². The molecule has 24 heavy (non-hydrogen) atoms. The molecule has 0 radical (unpaired) electrons. The van der Waals surface area contributed by atoms with Gasteiger partial charge in [-0.1, -0.05) is 13.8 Å². The van der Waals surface area contributed by atoms with E-state index in [1.54, 1.807) is 23.5 Å². The standard InChI is InChI=1S/C17H28N2O3S2/c1-4-23-10-8-16(20)18-12-14(15-7-6-13(3)22-15)19-17(21)9-11-24-5-2/h6-7,14H,4-5,8-12H2,1-3H3,(H,18,20)(H,19,21). The van der Waals surface area contributed by atoms with E-state index in [9.17, 15) is 9.59 Å². The first-order valence-electron chi connectivity index (χ1n) is 8.34. The molecule has 0 saturated heterocycles. The van der Waals surface area contributed by atoms with Crippen LogP contribution in [0, 0.1) is 6.92 Å². The van der Waals surface area contributed by atoms with Gasteiger partial charge >= 0.3 is 0 Å². The predicted octanol–water partition coefficient (Wildman–Crippen LogP) is 3.15. The number of amides is 2. The third-order valence-electron chi connectivity index (χ3n) is 3.30. The number of furan rings is 1. The maximum Gasteiger partial charge on any atom is 0.221 e. The molecule has 0 fully saturated rings. The maximum absolute atomic E-state index is 12.1. The molecule has 5 nitrogen and oxygen atoms in total. The lowest BCUT2D eigenvalue weighted by atomic mass is 10.2. The summed E-state index contributed by atoms with van der Waals surface area (Å²) in [4.78, 5) is 24.0. The lowest BCUT2D eigenvalue weighted by molar-refractivity contribution is -0.123. The SMILES string of the molecule is CCSCCC(=O)NCC(NC(=O)CCSCC)c1ccc(C)o1. The predicted molar refractivity (Wildman–Crippen MR) is 103 cm³/mol. The fourth-order valence-electron chi connectivity index (χ4n) is 2.05. The quantitative estimate of drug-likeness (QED) is 0.552. The van der Waals surface area contributed by atoms with Gasteiger partial charge in [0.25, 0.3) is 0 Å².